The molecule has 0 aliphatic rings. The van der Waals surface area contributed by atoms with Crippen molar-refractivity contribution in [2.75, 3.05) is 31.2 Å². The molecule has 7 heteroatoms. The van der Waals surface area contributed by atoms with Gasteiger partial charge in [-0.1, -0.05) is 0 Å². The fraction of sp³-hybridized carbons (Fsp3) is 0.333. The number of hydrogen-bond acceptors (Lipinski definition) is 5. The van der Waals surface area contributed by atoms with Gasteiger partial charge in [0.2, 0.25) is 0 Å². The van der Waals surface area contributed by atoms with Gasteiger partial charge < -0.3 is 25.3 Å². The van der Waals surface area contributed by atoms with Gasteiger partial charge in [-0.2, -0.15) is 0 Å². The zero-order valence-electron chi connectivity index (χ0n) is 10.1. The van der Waals surface area contributed by atoms with E-state index in [0.29, 0.717) is 0 Å². The lowest BCUT2D eigenvalue weighted by molar-refractivity contribution is 0.0681. The third-order valence-electron chi connectivity index (χ3n) is 2.56. The summed E-state index contributed by atoms with van der Waals surface area (Å²) in [6.07, 6.45) is 0. The number of aromatic carboxylic acids is 2. The first-order chi connectivity index (χ1) is 9.01. The summed E-state index contributed by atoms with van der Waals surface area (Å²) in [5.41, 5.74) is 0.0308. The maximum absolute atomic E-state index is 11.1. The maximum Gasteiger partial charge on any atom is 0.337 e. The van der Waals surface area contributed by atoms with Crippen LogP contribution in [0.1, 0.15) is 20.7 Å². The monoisotopic (exact) mass is 269 g/mol. The van der Waals surface area contributed by atoms with Gasteiger partial charge in [-0.05, 0) is 18.2 Å². The van der Waals surface area contributed by atoms with Crippen LogP contribution in [0.2, 0.25) is 0 Å². The Morgan fingerprint density at radius 1 is 1.00 bits per heavy atom. The molecule has 1 aromatic rings. The number of hydrogen-bond donors (Lipinski definition) is 4. The minimum atomic E-state index is -1.20. The van der Waals surface area contributed by atoms with Crippen molar-refractivity contribution in [2.45, 2.75) is 0 Å². The Balaban J connectivity index is 3.28. The van der Waals surface area contributed by atoms with Crippen LogP contribution < -0.4 is 4.90 Å². The molecule has 0 aromatic heterocycles. The van der Waals surface area contributed by atoms with E-state index in [-0.39, 0.29) is 43.1 Å². The molecular formula is C12H15NO6. The van der Waals surface area contributed by atoms with Crippen molar-refractivity contribution in [1.29, 1.82) is 0 Å². The fourth-order valence-electron chi connectivity index (χ4n) is 1.70. The Morgan fingerprint density at radius 2 is 1.58 bits per heavy atom. The standard InChI is InChI=1S/C12H15NO6/c14-5-3-13(4-6-15)10-7-8(11(16)17)1-2-9(10)12(18)19/h1-2,7,14-15H,3-6H2,(H,16,17)(H,18,19). The van der Waals surface area contributed by atoms with Crippen LogP contribution in [0, 0.1) is 0 Å². The minimum Gasteiger partial charge on any atom is -0.478 e. The number of benzene rings is 1. The highest BCUT2D eigenvalue weighted by atomic mass is 16.4. The molecule has 1 aromatic carbocycles. The van der Waals surface area contributed by atoms with Crippen LogP contribution in [-0.2, 0) is 0 Å². The maximum atomic E-state index is 11.1. The molecule has 0 bridgehead atoms. The second kappa shape index (κ2) is 6.72. The summed E-state index contributed by atoms with van der Waals surface area (Å²) in [7, 11) is 0. The van der Waals surface area contributed by atoms with Gasteiger partial charge in [0.1, 0.15) is 0 Å². The molecule has 0 amide bonds. The largest absolute Gasteiger partial charge is 0.478 e. The fourth-order valence-corrected chi connectivity index (χ4v) is 1.70. The van der Waals surface area contributed by atoms with Crippen LogP contribution in [0.15, 0.2) is 18.2 Å². The van der Waals surface area contributed by atoms with E-state index in [1.807, 2.05) is 0 Å². The van der Waals surface area contributed by atoms with Crippen LogP contribution in [0.3, 0.4) is 0 Å². The number of rotatable bonds is 7. The van der Waals surface area contributed by atoms with Gasteiger partial charge in [0.15, 0.2) is 0 Å². The molecule has 1 rings (SSSR count). The van der Waals surface area contributed by atoms with Gasteiger partial charge in [0, 0.05) is 13.1 Å². The average molecular weight is 269 g/mol. The third kappa shape index (κ3) is 3.67. The molecule has 0 unspecified atom stereocenters. The highest BCUT2D eigenvalue weighted by Crippen LogP contribution is 2.22. The summed E-state index contributed by atoms with van der Waals surface area (Å²) in [6, 6.07) is 3.62. The molecule has 0 saturated heterocycles. The number of aliphatic hydroxyl groups is 2. The predicted octanol–water partition coefficient (Wildman–Crippen LogP) is -0.126. The molecule has 0 spiro atoms. The molecule has 7 nitrogen and oxygen atoms in total. The number of nitrogens with zero attached hydrogens (tertiary/aromatic N) is 1. The second-order valence-electron chi connectivity index (χ2n) is 3.78. The highest BCUT2D eigenvalue weighted by Gasteiger charge is 2.18. The molecule has 0 fully saturated rings. The molecule has 0 saturated carbocycles. The molecule has 19 heavy (non-hydrogen) atoms. The number of carboxylic acid groups (broad SMARTS) is 2. The SMILES string of the molecule is O=C(O)c1ccc(C(=O)O)c(N(CCO)CCO)c1. The van der Waals surface area contributed by atoms with Crippen LogP contribution >= 0.6 is 0 Å². The summed E-state index contributed by atoms with van der Waals surface area (Å²) in [4.78, 5) is 23.5. The van der Waals surface area contributed by atoms with Crippen molar-refractivity contribution in [3.63, 3.8) is 0 Å². The number of carbonyl (C=O) groups is 2. The first-order valence-corrected chi connectivity index (χ1v) is 5.58. The van der Waals surface area contributed by atoms with E-state index < -0.39 is 11.9 Å². The molecule has 0 heterocycles. The summed E-state index contributed by atoms with van der Waals surface area (Å²) < 4.78 is 0. The predicted molar refractivity (Wildman–Crippen MR) is 66.7 cm³/mol. The van der Waals surface area contributed by atoms with Crippen molar-refractivity contribution >= 4 is 17.6 Å². The number of carboxylic acids is 2. The van der Waals surface area contributed by atoms with Gasteiger partial charge in [0.25, 0.3) is 0 Å². The average Bonchev–Trinajstić information content (AvgIpc) is 2.37. The van der Waals surface area contributed by atoms with Crippen LogP contribution in [0.5, 0.6) is 0 Å². The normalized spacial score (nSPS) is 10.2. The summed E-state index contributed by atoms with van der Waals surface area (Å²) in [5, 5.41) is 35.9. The Hall–Kier alpha value is -2.12. The smallest absolute Gasteiger partial charge is 0.337 e. The minimum absolute atomic E-state index is 0.0547. The van der Waals surface area contributed by atoms with Crippen molar-refractivity contribution < 1.29 is 30.0 Å². The van der Waals surface area contributed by atoms with E-state index in [4.69, 9.17) is 20.4 Å². The number of anilines is 1. The van der Waals surface area contributed by atoms with Gasteiger partial charge in [0.05, 0.1) is 30.0 Å². The highest BCUT2D eigenvalue weighted by molar-refractivity contribution is 5.97. The van der Waals surface area contributed by atoms with Crippen molar-refractivity contribution in [3.05, 3.63) is 29.3 Å². The molecule has 104 valence electrons. The topological polar surface area (TPSA) is 118 Å². The van der Waals surface area contributed by atoms with E-state index in [1.54, 1.807) is 0 Å². The van der Waals surface area contributed by atoms with Gasteiger partial charge >= 0.3 is 11.9 Å². The molecule has 0 radical (unpaired) electrons. The molecule has 0 atom stereocenters. The van der Waals surface area contributed by atoms with Crippen molar-refractivity contribution in [1.82, 2.24) is 0 Å². The first kappa shape index (κ1) is 14.9. The van der Waals surface area contributed by atoms with Gasteiger partial charge in [-0.25, -0.2) is 9.59 Å². The van der Waals surface area contributed by atoms with Crippen LogP contribution in [0.25, 0.3) is 0 Å². The Kier molecular flexibility index (Phi) is 5.28. The Labute approximate surface area is 109 Å². The van der Waals surface area contributed by atoms with E-state index in [9.17, 15) is 9.59 Å². The second-order valence-corrected chi connectivity index (χ2v) is 3.78. The zero-order valence-corrected chi connectivity index (χ0v) is 10.1. The van der Waals surface area contributed by atoms with E-state index in [0.717, 1.165) is 0 Å². The van der Waals surface area contributed by atoms with Crippen LogP contribution in [-0.4, -0.2) is 58.7 Å². The Morgan fingerprint density at radius 3 is 2.00 bits per heavy atom. The van der Waals surface area contributed by atoms with E-state index in [2.05, 4.69) is 0 Å². The van der Waals surface area contributed by atoms with E-state index >= 15 is 0 Å². The summed E-state index contributed by atoms with van der Waals surface area (Å²) in [6.45, 7) is -0.277. The lowest BCUT2D eigenvalue weighted by Gasteiger charge is -2.24. The lowest BCUT2D eigenvalue weighted by atomic mass is 10.1. The molecule has 0 aliphatic carbocycles. The third-order valence-corrected chi connectivity index (χ3v) is 2.56. The quantitative estimate of drug-likeness (QED) is 0.544. The molecule has 0 aliphatic heterocycles. The summed E-state index contributed by atoms with van der Waals surface area (Å²) in [5.74, 6) is -2.38. The lowest BCUT2D eigenvalue weighted by Crippen LogP contribution is -2.31. The first-order valence-electron chi connectivity index (χ1n) is 5.58. The van der Waals surface area contributed by atoms with Crippen molar-refractivity contribution in [2.24, 2.45) is 0 Å². The van der Waals surface area contributed by atoms with E-state index in [1.165, 1.54) is 23.1 Å². The van der Waals surface area contributed by atoms with Gasteiger partial charge in [-0.3, -0.25) is 0 Å². The molecule has 4 N–H and O–H groups in total. The van der Waals surface area contributed by atoms with Gasteiger partial charge in [-0.15, -0.1) is 0 Å². The van der Waals surface area contributed by atoms with Crippen molar-refractivity contribution in [3.8, 4) is 0 Å². The number of aliphatic hydroxyl groups excluding tert-OH is 2. The van der Waals surface area contributed by atoms with Crippen LogP contribution in [0.4, 0.5) is 5.69 Å². The molecular weight excluding hydrogens is 254 g/mol. The Bertz CT molecular complexity index is 467. The zero-order chi connectivity index (χ0) is 14.4. The summed E-state index contributed by atoms with van der Waals surface area (Å²) >= 11 is 0.